The molecular formula is C7H7BrN2O2. The summed E-state index contributed by atoms with van der Waals surface area (Å²) in [7, 11) is 1.47. The van der Waals surface area contributed by atoms with E-state index in [-0.39, 0.29) is 0 Å². The number of methoxy groups -OCH3 is 1. The van der Waals surface area contributed by atoms with Gasteiger partial charge in [0, 0.05) is 16.7 Å². The van der Waals surface area contributed by atoms with Crippen molar-refractivity contribution in [1.29, 1.82) is 0 Å². The van der Waals surface area contributed by atoms with Crippen molar-refractivity contribution < 1.29 is 9.53 Å². The van der Waals surface area contributed by atoms with Gasteiger partial charge in [-0.3, -0.25) is 4.79 Å². The molecule has 0 spiro atoms. The van der Waals surface area contributed by atoms with Crippen LogP contribution in [0.25, 0.3) is 0 Å². The average molecular weight is 231 g/mol. The second kappa shape index (κ2) is 3.53. The highest BCUT2D eigenvalue weighted by atomic mass is 79.9. The van der Waals surface area contributed by atoms with Crippen LogP contribution in [0, 0.1) is 0 Å². The maximum Gasteiger partial charge on any atom is 0.250 e. The highest BCUT2D eigenvalue weighted by Crippen LogP contribution is 2.18. The lowest BCUT2D eigenvalue weighted by molar-refractivity contribution is 0.0999. The molecule has 1 heterocycles. The Morgan fingerprint density at radius 2 is 2.42 bits per heavy atom. The molecule has 4 nitrogen and oxygen atoms in total. The Morgan fingerprint density at radius 1 is 1.75 bits per heavy atom. The lowest BCUT2D eigenvalue weighted by Gasteiger charge is -2.01. The van der Waals surface area contributed by atoms with E-state index in [0.29, 0.717) is 15.9 Å². The molecule has 0 aromatic carbocycles. The number of ether oxygens (including phenoxy) is 1. The summed E-state index contributed by atoms with van der Waals surface area (Å²) < 4.78 is 5.39. The minimum atomic E-state index is -0.512. The topological polar surface area (TPSA) is 65.2 Å². The van der Waals surface area contributed by atoms with E-state index in [0.717, 1.165) is 0 Å². The van der Waals surface area contributed by atoms with E-state index in [1.165, 1.54) is 19.4 Å². The van der Waals surface area contributed by atoms with Gasteiger partial charge in [0.2, 0.25) is 11.8 Å². The normalized spacial score (nSPS) is 9.50. The van der Waals surface area contributed by atoms with Crippen molar-refractivity contribution in [2.45, 2.75) is 0 Å². The molecule has 1 aromatic heterocycles. The smallest absolute Gasteiger partial charge is 0.250 e. The summed E-state index contributed by atoms with van der Waals surface area (Å²) >= 11 is 3.14. The van der Waals surface area contributed by atoms with E-state index in [9.17, 15) is 4.79 Å². The molecule has 1 rings (SSSR count). The minimum Gasteiger partial charge on any atom is -0.481 e. The van der Waals surface area contributed by atoms with E-state index < -0.39 is 5.91 Å². The Morgan fingerprint density at radius 3 is 2.92 bits per heavy atom. The first-order valence-electron chi connectivity index (χ1n) is 3.14. The van der Waals surface area contributed by atoms with Crippen LogP contribution in [0.2, 0.25) is 0 Å². The molecule has 64 valence electrons. The van der Waals surface area contributed by atoms with Gasteiger partial charge < -0.3 is 10.5 Å². The van der Waals surface area contributed by atoms with Gasteiger partial charge in [0.25, 0.3) is 0 Å². The standard InChI is InChI=1S/C7H7BrN2O2/c1-12-6-2-4(7(9)11)5(8)3-10-6/h2-3H,1H3,(H2,9,11). The molecular weight excluding hydrogens is 224 g/mol. The Balaban J connectivity index is 3.17. The molecule has 0 aliphatic heterocycles. The Labute approximate surface area is 77.9 Å². The van der Waals surface area contributed by atoms with E-state index in [2.05, 4.69) is 20.9 Å². The van der Waals surface area contributed by atoms with Crippen LogP contribution in [-0.2, 0) is 0 Å². The first-order chi connectivity index (χ1) is 5.65. The van der Waals surface area contributed by atoms with Crippen molar-refractivity contribution in [1.82, 2.24) is 4.98 Å². The molecule has 1 aromatic rings. The van der Waals surface area contributed by atoms with Gasteiger partial charge in [-0.25, -0.2) is 4.98 Å². The molecule has 0 saturated heterocycles. The number of hydrogen-bond acceptors (Lipinski definition) is 3. The second-order valence-corrected chi connectivity index (χ2v) is 2.93. The number of amides is 1. The van der Waals surface area contributed by atoms with Gasteiger partial charge in [-0.1, -0.05) is 0 Å². The molecule has 5 heteroatoms. The number of hydrogen-bond donors (Lipinski definition) is 1. The Bertz CT molecular complexity index is 314. The van der Waals surface area contributed by atoms with Gasteiger partial charge in [0.1, 0.15) is 0 Å². The average Bonchev–Trinajstić information content (AvgIpc) is 2.05. The first-order valence-corrected chi connectivity index (χ1v) is 3.93. The van der Waals surface area contributed by atoms with Gasteiger partial charge in [-0.05, 0) is 15.9 Å². The highest BCUT2D eigenvalue weighted by molar-refractivity contribution is 9.10. The van der Waals surface area contributed by atoms with Crippen LogP contribution >= 0.6 is 15.9 Å². The number of primary amides is 1. The number of carbonyl (C=O) groups is 1. The third kappa shape index (κ3) is 1.73. The summed E-state index contributed by atoms with van der Waals surface area (Å²) in [6, 6.07) is 1.48. The Hall–Kier alpha value is -1.10. The van der Waals surface area contributed by atoms with E-state index >= 15 is 0 Å². The fourth-order valence-corrected chi connectivity index (χ4v) is 1.13. The Kier molecular flexibility index (Phi) is 2.65. The van der Waals surface area contributed by atoms with Crippen LogP contribution in [0.4, 0.5) is 0 Å². The van der Waals surface area contributed by atoms with E-state index in [1.807, 2.05) is 0 Å². The minimum absolute atomic E-state index is 0.363. The van der Waals surface area contributed by atoms with Crippen LogP contribution in [-0.4, -0.2) is 18.0 Å². The van der Waals surface area contributed by atoms with Crippen molar-refractivity contribution in [3.8, 4) is 5.88 Å². The van der Waals surface area contributed by atoms with Gasteiger partial charge >= 0.3 is 0 Å². The molecule has 2 N–H and O–H groups in total. The molecule has 0 bridgehead atoms. The molecule has 0 radical (unpaired) electrons. The number of nitrogens with zero attached hydrogens (tertiary/aromatic N) is 1. The molecule has 0 aliphatic rings. The molecule has 12 heavy (non-hydrogen) atoms. The molecule has 0 unspecified atom stereocenters. The summed E-state index contributed by atoms with van der Waals surface area (Å²) in [5, 5.41) is 0. The summed E-state index contributed by atoms with van der Waals surface area (Å²) in [4.78, 5) is 14.7. The summed E-state index contributed by atoms with van der Waals surface area (Å²) in [6.07, 6.45) is 1.47. The zero-order valence-corrected chi connectivity index (χ0v) is 7.96. The van der Waals surface area contributed by atoms with Gasteiger partial charge in [-0.2, -0.15) is 0 Å². The lowest BCUT2D eigenvalue weighted by atomic mass is 10.2. The quantitative estimate of drug-likeness (QED) is 0.823. The number of rotatable bonds is 2. The fraction of sp³-hybridized carbons (Fsp3) is 0.143. The van der Waals surface area contributed by atoms with E-state index in [1.54, 1.807) is 0 Å². The summed E-state index contributed by atoms with van der Waals surface area (Å²) in [5.41, 5.74) is 5.45. The predicted octanol–water partition coefficient (Wildman–Crippen LogP) is 0.952. The second-order valence-electron chi connectivity index (χ2n) is 2.07. The molecule has 0 aliphatic carbocycles. The van der Waals surface area contributed by atoms with E-state index in [4.69, 9.17) is 10.5 Å². The number of halogens is 1. The first kappa shape index (κ1) is 8.99. The van der Waals surface area contributed by atoms with Gasteiger partial charge in [-0.15, -0.1) is 0 Å². The van der Waals surface area contributed by atoms with Crippen molar-refractivity contribution in [3.05, 3.63) is 22.3 Å². The number of pyridine rings is 1. The number of nitrogens with two attached hydrogens (primary N) is 1. The third-order valence-electron chi connectivity index (χ3n) is 1.30. The third-order valence-corrected chi connectivity index (χ3v) is 1.94. The number of aromatic nitrogens is 1. The molecule has 1 amide bonds. The van der Waals surface area contributed by atoms with Crippen LogP contribution in [0.15, 0.2) is 16.7 Å². The fourth-order valence-electron chi connectivity index (χ4n) is 0.720. The zero-order chi connectivity index (χ0) is 9.14. The molecule has 0 atom stereocenters. The zero-order valence-electron chi connectivity index (χ0n) is 6.37. The highest BCUT2D eigenvalue weighted by Gasteiger charge is 2.07. The van der Waals surface area contributed by atoms with Crippen LogP contribution in [0.1, 0.15) is 10.4 Å². The summed E-state index contributed by atoms with van der Waals surface area (Å²) in [6.45, 7) is 0. The maximum absolute atomic E-state index is 10.8. The van der Waals surface area contributed by atoms with Crippen molar-refractivity contribution >= 4 is 21.8 Å². The van der Waals surface area contributed by atoms with Crippen LogP contribution < -0.4 is 10.5 Å². The van der Waals surface area contributed by atoms with Gasteiger partial charge in [0.05, 0.1) is 12.7 Å². The summed E-state index contributed by atoms with van der Waals surface area (Å²) in [5.74, 6) is -0.144. The number of carbonyl (C=O) groups excluding carboxylic acids is 1. The largest absolute Gasteiger partial charge is 0.481 e. The predicted molar refractivity (Wildman–Crippen MR) is 47.0 cm³/mol. The van der Waals surface area contributed by atoms with Crippen LogP contribution in [0.3, 0.4) is 0 Å². The van der Waals surface area contributed by atoms with Crippen molar-refractivity contribution in [2.24, 2.45) is 5.73 Å². The SMILES string of the molecule is COc1cc(C(N)=O)c(Br)cn1. The molecule has 0 fully saturated rings. The van der Waals surface area contributed by atoms with Gasteiger partial charge in [0.15, 0.2) is 0 Å². The maximum atomic E-state index is 10.8. The van der Waals surface area contributed by atoms with Crippen molar-refractivity contribution in [3.63, 3.8) is 0 Å². The monoisotopic (exact) mass is 230 g/mol. The molecule has 0 saturated carbocycles. The lowest BCUT2D eigenvalue weighted by Crippen LogP contribution is -2.12. The van der Waals surface area contributed by atoms with Crippen LogP contribution in [0.5, 0.6) is 5.88 Å². The van der Waals surface area contributed by atoms with Crippen molar-refractivity contribution in [2.75, 3.05) is 7.11 Å².